The summed E-state index contributed by atoms with van der Waals surface area (Å²) in [6.07, 6.45) is 3.78. The molecule has 9 heteroatoms. The lowest BCUT2D eigenvalue weighted by Gasteiger charge is -2.30. The first-order chi connectivity index (χ1) is 13.4. The van der Waals surface area contributed by atoms with Crippen molar-refractivity contribution in [2.75, 3.05) is 13.1 Å². The first-order valence-electron chi connectivity index (χ1n) is 8.94. The largest absolute Gasteiger partial charge is 0.366 e. The number of piperidine rings is 1. The molecule has 0 radical (unpaired) electrons. The Morgan fingerprint density at radius 2 is 1.82 bits per heavy atom. The van der Waals surface area contributed by atoms with Crippen LogP contribution in [0, 0.1) is 5.92 Å². The fourth-order valence-electron chi connectivity index (χ4n) is 3.13. The molecule has 148 valence electrons. The van der Waals surface area contributed by atoms with Crippen LogP contribution >= 0.6 is 0 Å². The van der Waals surface area contributed by atoms with Crippen molar-refractivity contribution < 1.29 is 18.0 Å². The van der Waals surface area contributed by atoms with Crippen LogP contribution in [0.2, 0.25) is 0 Å². The van der Waals surface area contributed by atoms with Gasteiger partial charge in [0.1, 0.15) is 4.90 Å². The van der Waals surface area contributed by atoms with Gasteiger partial charge in [0.2, 0.25) is 21.8 Å². The highest BCUT2D eigenvalue weighted by Crippen LogP contribution is 2.23. The summed E-state index contributed by atoms with van der Waals surface area (Å²) in [5, 5.41) is 2.87. The van der Waals surface area contributed by atoms with Crippen molar-refractivity contribution in [2.24, 2.45) is 11.7 Å². The van der Waals surface area contributed by atoms with Gasteiger partial charge in [-0.15, -0.1) is 0 Å². The molecular formula is C19H22N4O4S. The smallest absolute Gasteiger partial charge is 0.248 e. The van der Waals surface area contributed by atoms with Crippen molar-refractivity contribution in [2.45, 2.75) is 24.3 Å². The van der Waals surface area contributed by atoms with Crippen LogP contribution in [0.1, 0.15) is 28.8 Å². The number of primary amides is 1. The van der Waals surface area contributed by atoms with Gasteiger partial charge in [-0.25, -0.2) is 8.42 Å². The van der Waals surface area contributed by atoms with Crippen molar-refractivity contribution in [1.82, 2.24) is 14.6 Å². The van der Waals surface area contributed by atoms with Crippen LogP contribution in [0.15, 0.2) is 53.7 Å². The number of benzene rings is 1. The van der Waals surface area contributed by atoms with Crippen molar-refractivity contribution in [3.8, 4) is 0 Å². The van der Waals surface area contributed by atoms with Crippen LogP contribution in [0.4, 0.5) is 0 Å². The lowest BCUT2D eigenvalue weighted by atomic mass is 9.97. The summed E-state index contributed by atoms with van der Waals surface area (Å²) in [7, 11) is -3.58. The zero-order valence-electron chi connectivity index (χ0n) is 15.2. The number of hydrogen-bond donors (Lipinski definition) is 2. The molecule has 1 saturated heterocycles. The molecule has 3 rings (SSSR count). The molecule has 2 aromatic rings. The lowest BCUT2D eigenvalue weighted by Crippen LogP contribution is -2.42. The fourth-order valence-corrected chi connectivity index (χ4v) is 4.56. The molecule has 0 aliphatic carbocycles. The summed E-state index contributed by atoms with van der Waals surface area (Å²) in [5.74, 6) is -0.828. The van der Waals surface area contributed by atoms with Gasteiger partial charge in [0.25, 0.3) is 0 Å². The summed E-state index contributed by atoms with van der Waals surface area (Å²) >= 11 is 0. The van der Waals surface area contributed by atoms with E-state index in [9.17, 15) is 18.0 Å². The Morgan fingerprint density at radius 3 is 2.39 bits per heavy atom. The van der Waals surface area contributed by atoms with Crippen molar-refractivity contribution in [1.29, 1.82) is 0 Å². The normalized spacial score (nSPS) is 15.9. The molecule has 0 bridgehead atoms. The minimum atomic E-state index is -3.58. The van der Waals surface area contributed by atoms with E-state index in [0.29, 0.717) is 38.0 Å². The number of sulfonamides is 1. The van der Waals surface area contributed by atoms with E-state index in [1.807, 2.05) is 0 Å². The summed E-state index contributed by atoms with van der Waals surface area (Å²) < 4.78 is 26.6. The second-order valence-corrected chi connectivity index (χ2v) is 8.58. The number of rotatable bonds is 6. The Balaban J connectivity index is 1.52. The average Bonchev–Trinajstić information content (AvgIpc) is 2.73. The molecule has 2 heterocycles. The van der Waals surface area contributed by atoms with Crippen LogP contribution in [0.3, 0.4) is 0 Å². The van der Waals surface area contributed by atoms with Crippen molar-refractivity contribution >= 4 is 21.8 Å². The molecule has 0 unspecified atom stereocenters. The van der Waals surface area contributed by atoms with E-state index < -0.39 is 15.9 Å². The standard InChI is InChI=1S/C19H22N4O4S/c20-18(24)15-5-3-14(4-6-15)12-22-19(25)16-7-10-23(11-8-16)28(26,27)17-2-1-9-21-13-17/h1-6,9,13,16H,7-8,10-12H2,(H2,20,24)(H,22,25). The van der Waals surface area contributed by atoms with Gasteiger partial charge < -0.3 is 11.1 Å². The Bertz CT molecular complexity index is 938. The fraction of sp³-hybridized carbons (Fsp3) is 0.316. The molecule has 0 atom stereocenters. The summed E-state index contributed by atoms with van der Waals surface area (Å²) in [6.45, 7) is 0.928. The number of amides is 2. The molecular weight excluding hydrogens is 380 g/mol. The quantitative estimate of drug-likeness (QED) is 0.743. The number of nitrogens with one attached hydrogen (secondary N) is 1. The van der Waals surface area contributed by atoms with Gasteiger partial charge in [0, 0.05) is 43.5 Å². The third-order valence-corrected chi connectivity index (χ3v) is 6.68. The van der Waals surface area contributed by atoms with Gasteiger partial charge in [0.05, 0.1) is 0 Å². The van der Waals surface area contributed by atoms with Crippen molar-refractivity contribution in [3.63, 3.8) is 0 Å². The molecule has 0 saturated carbocycles. The van der Waals surface area contributed by atoms with E-state index in [4.69, 9.17) is 5.73 Å². The highest BCUT2D eigenvalue weighted by atomic mass is 32.2. The van der Waals surface area contributed by atoms with Gasteiger partial charge >= 0.3 is 0 Å². The summed E-state index contributed by atoms with van der Waals surface area (Å²) in [5.41, 5.74) is 6.47. The van der Waals surface area contributed by atoms with Crippen LogP contribution in [-0.2, 0) is 21.4 Å². The minimum absolute atomic E-state index is 0.0996. The minimum Gasteiger partial charge on any atom is -0.366 e. The zero-order valence-corrected chi connectivity index (χ0v) is 16.1. The number of carbonyl (C=O) groups is 2. The monoisotopic (exact) mass is 402 g/mol. The van der Waals surface area contributed by atoms with Crippen molar-refractivity contribution in [3.05, 3.63) is 59.9 Å². The Morgan fingerprint density at radius 1 is 1.14 bits per heavy atom. The highest BCUT2D eigenvalue weighted by molar-refractivity contribution is 7.89. The third kappa shape index (κ3) is 4.55. The number of pyridine rings is 1. The first-order valence-corrected chi connectivity index (χ1v) is 10.4. The molecule has 1 aromatic heterocycles. The van der Waals surface area contributed by atoms with E-state index in [-0.39, 0.29) is 16.7 Å². The maximum atomic E-state index is 12.6. The van der Waals surface area contributed by atoms with Crippen LogP contribution < -0.4 is 11.1 Å². The van der Waals surface area contributed by atoms with E-state index in [0.717, 1.165) is 5.56 Å². The molecule has 1 fully saturated rings. The molecule has 3 N–H and O–H groups in total. The first kappa shape index (κ1) is 20.0. The van der Waals surface area contributed by atoms with E-state index in [2.05, 4.69) is 10.3 Å². The van der Waals surface area contributed by atoms with Gasteiger partial charge in [-0.05, 0) is 42.7 Å². The predicted octanol–water partition coefficient (Wildman–Crippen LogP) is 0.898. The molecule has 8 nitrogen and oxygen atoms in total. The molecule has 1 aliphatic heterocycles. The molecule has 28 heavy (non-hydrogen) atoms. The summed E-state index contributed by atoms with van der Waals surface area (Å²) in [4.78, 5) is 27.5. The van der Waals surface area contributed by atoms with E-state index in [1.165, 1.54) is 22.8 Å². The van der Waals surface area contributed by atoms with Crippen LogP contribution in [0.25, 0.3) is 0 Å². The predicted molar refractivity (Wildman–Crippen MR) is 103 cm³/mol. The number of nitrogens with two attached hydrogens (primary N) is 1. The van der Waals surface area contributed by atoms with E-state index in [1.54, 1.807) is 30.3 Å². The number of nitrogens with zero attached hydrogens (tertiary/aromatic N) is 2. The summed E-state index contributed by atoms with van der Waals surface area (Å²) in [6, 6.07) is 9.82. The maximum Gasteiger partial charge on any atom is 0.248 e. The van der Waals surface area contributed by atoms with Gasteiger partial charge in [0.15, 0.2) is 0 Å². The zero-order chi connectivity index (χ0) is 20.1. The van der Waals surface area contributed by atoms with E-state index >= 15 is 0 Å². The Kier molecular flexibility index (Phi) is 6.05. The van der Waals surface area contributed by atoms with Gasteiger partial charge in [-0.1, -0.05) is 12.1 Å². The third-order valence-electron chi connectivity index (χ3n) is 4.80. The maximum absolute atomic E-state index is 12.6. The second kappa shape index (κ2) is 8.49. The molecule has 0 spiro atoms. The van der Waals surface area contributed by atoms with Gasteiger partial charge in [-0.3, -0.25) is 14.6 Å². The molecule has 1 aliphatic rings. The second-order valence-electron chi connectivity index (χ2n) is 6.65. The lowest BCUT2D eigenvalue weighted by molar-refractivity contribution is -0.126. The van der Waals surface area contributed by atoms with Crippen LogP contribution in [-0.4, -0.2) is 42.6 Å². The Labute approximate surface area is 163 Å². The van der Waals surface area contributed by atoms with Crippen LogP contribution in [0.5, 0.6) is 0 Å². The topological polar surface area (TPSA) is 122 Å². The average molecular weight is 402 g/mol. The SMILES string of the molecule is NC(=O)c1ccc(CNC(=O)C2CCN(S(=O)(=O)c3cccnc3)CC2)cc1. The molecule has 2 amide bonds. The number of aromatic nitrogens is 1. The van der Waals surface area contributed by atoms with Gasteiger partial charge in [-0.2, -0.15) is 4.31 Å². The molecule has 1 aromatic carbocycles. The Hall–Kier alpha value is -2.78. The highest BCUT2D eigenvalue weighted by Gasteiger charge is 2.32. The number of hydrogen-bond acceptors (Lipinski definition) is 5. The number of carbonyl (C=O) groups excluding carboxylic acids is 2.